The van der Waals surface area contributed by atoms with E-state index in [2.05, 4.69) is 15.0 Å². The van der Waals surface area contributed by atoms with Gasteiger partial charge in [-0.2, -0.15) is 0 Å². The number of fused-ring (bicyclic) bond motifs is 3. The van der Waals surface area contributed by atoms with Crippen LogP contribution in [0.15, 0.2) is 29.3 Å². The molecule has 8 heteroatoms. The molecule has 0 aromatic carbocycles. The Hall–Kier alpha value is -2.19. The molecule has 4 aromatic rings. The fraction of sp³-hybridized carbons (Fsp3) is 0.133. The number of aromatic amines is 1. The number of rotatable bonds is 2. The highest BCUT2D eigenvalue weighted by Crippen LogP contribution is 2.40. The molecule has 0 aliphatic heterocycles. The van der Waals surface area contributed by atoms with Gasteiger partial charge in [-0.25, -0.2) is 18.7 Å². The molecule has 0 spiro atoms. The van der Waals surface area contributed by atoms with Gasteiger partial charge in [0, 0.05) is 20.7 Å². The minimum absolute atomic E-state index is 0.287. The molecular weight excluding hydrogens is 340 g/mol. The lowest BCUT2D eigenvalue weighted by atomic mass is 10.1. The first-order valence-electron chi connectivity index (χ1n) is 6.70. The largest absolute Gasteiger partial charge is 0.312 e. The van der Waals surface area contributed by atoms with Gasteiger partial charge < -0.3 is 4.98 Å². The average molecular weight is 349 g/mol. The molecule has 4 nitrogen and oxygen atoms in total. The summed E-state index contributed by atoms with van der Waals surface area (Å²) < 4.78 is 26.8. The normalized spacial score (nSPS) is 11.8. The van der Waals surface area contributed by atoms with Crippen LogP contribution in [0.5, 0.6) is 0 Å². The highest BCUT2D eigenvalue weighted by molar-refractivity contribution is 7.25. The van der Waals surface area contributed by atoms with E-state index in [9.17, 15) is 13.6 Å². The van der Waals surface area contributed by atoms with Crippen molar-refractivity contribution in [2.24, 2.45) is 0 Å². The maximum atomic E-state index is 13.2. The first-order valence-corrected chi connectivity index (χ1v) is 8.33. The second-order valence-electron chi connectivity index (χ2n) is 5.00. The number of nitrogens with one attached hydrogen (secondary N) is 1. The Bertz CT molecular complexity index is 1100. The van der Waals surface area contributed by atoms with E-state index >= 15 is 0 Å². The van der Waals surface area contributed by atoms with E-state index in [1.165, 1.54) is 23.7 Å². The quantitative estimate of drug-likeness (QED) is 0.579. The summed E-state index contributed by atoms with van der Waals surface area (Å²) in [4.78, 5) is 25.1. The molecule has 0 radical (unpaired) electrons. The standard InChI is InChI=1S/C15H9F2N3OS2/c1-6-2-3-9(22-6)7-4-8(13(16)17)20-15-10(7)11-12(23-15)14(21)19-5-18-11/h2-5,13H,1H3,(H,18,19,21). The van der Waals surface area contributed by atoms with E-state index in [1.54, 1.807) is 0 Å². The van der Waals surface area contributed by atoms with Crippen LogP contribution < -0.4 is 5.56 Å². The minimum atomic E-state index is -2.67. The van der Waals surface area contributed by atoms with Crippen molar-refractivity contribution in [2.45, 2.75) is 13.3 Å². The number of hydrogen-bond acceptors (Lipinski definition) is 5. The van der Waals surface area contributed by atoms with Crippen LogP contribution >= 0.6 is 22.7 Å². The van der Waals surface area contributed by atoms with E-state index in [-0.39, 0.29) is 11.3 Å². The van der Waals surface area contributed by atoms with Crippen LogP contribution in [0.1, 0.15) is 17.0 Å². The number of halogens is 2. The summed E-state index contributed by atoms with van der Waals surface area (Å²) in [6.45, 7) is 1.95. The molecule has 0 unspecified atom stereocenters. The lowest BCUT2D eigenvalue weighted by Gasteiger charge is -2.05. The molecule has 4 heterocycles. The number of thiophene rings is 2. The fourth-order valence-electron chi connectivity index (χ4n) is 2.49. The minimum Gasteiger partial charge on any atom is -0.312 e. The first-order chi connectivity index (χ1) is 11.0. The summed E-state index contributed by atoms with van der Waals surface area (Å²) >= 11 is 2.60. The predicted molar refractivity (Wildman–Crippen MR) is 88.5 cm³/mol. The molecule has 0 bridgehead atoms. The number of nitrogens with zero attached hydrogens (tertiary/aromatic N) is 2. The molecule has 0 fully saturated rings. The first kappa shape index (κ1) is 14.4. The van der Waals surface area contributed by atoms with E-state index in [0.717, 1.165) is 21.1 Å². The molecule has 116 valence electrons. The molecule has 0 atom stereocenters. The number of hydrogen-bond donors (Lipinski definition) is 1. The van der Waals surface area contributed by atoms with E-state index in [0.29, 0.717) is 26.0 Å². The summed E-state index contributed by atoms with van der Waals surface area (Å²) in [6.07, 6.45) is -1.35. The Morgan fingerprint density at radius 2 is 2.09 bits per heavy atom. The Morgan fingerprint density at radius 1 is 1.26 bits per heavy atom. The van der Waals surface area contributed by atoms with Gasteiger partial charge in [0.05, 0.1) is 11.8 Å². The number of aromatic nitrogens is 3. The van der Waals surface area contributed by atoms with Gasteiger partial charge in [0.2, 0.25) is 0 Å². The van der Waals surface area contributed by atoms with Crippen molar-refractivity contribution in [3.05, 3.63) is 45.5 Å². The van der Waals surface area contributed by atoms with Crippen molar-refractivity contribution < 1.29 is 8.78 Å². The molecule has 0 amide bonds. The van der Waals surface area contributed by atoms with Crippen molar-refractivity contribution >= 4 is 43.1 Å². The Balaban J connectivity index is 2.19. The second-order valence-corrected chi connectivity index (χ2v) is 7.28. The van der Waals surface area contributed by atoms with Gasteiger partial charge in [-0.05, 0) is 25.1 Å². The van der Waals surface area contributed by atoms with Crippen LogP contribution in [0.3, 0.4) is 0 Å². The molecule has 23 heavy (non-hydrogen) atoms. The molecule has 0 aliphatic carbocycles. The zero-order chi connectivity index (χ0) is 16.1. The molecule has 1 N–H and O–H groups in total. The zero-order valence-electron chi connectivity index (χ0n) is 11.8. The third-order valence-electron chi connectivity index (χ3n) is 3.48. The van der Waals surface area contributed by atoms with Crippen LogP contribution in [-0.4, -0.2) is 15.0 Å². The average Bonchev–Trinajstić information content (AvgIpc) is 3.11. The lowest BCUT2D eigenvalue weighted by molar-refractivity contribution is 0.146. The van der Waals surface area contributed by atoms with Crippen LogP contribution in [0.25, 0.3) is 30.9 Å². The van der Waals surface area contributed by atoms with Crippen LogP contribution in [0.4, 0.5) is 8.78 Å². The summed E-state index contributed by atoms with van der Waals surface area (Å²) in [5, 5.41) is 0.655. The fourth-order valence-corrected chi connectivity index (χ4v) is 4.43. The Labute approximate surface area is 136 Å². The lowest BCUT2D eigenvalue weighted by Crippen LogP contribution is -2.03. The Kier molecular flexibility index (Phi) is 3.24. The van der Waals surface area contributed by atoms with Crippen molar-refractivity contribution in [1.82, 2.24) is 15.0 Å². The summed E-state index contributed by atoms with van der Waals surface area (Å²) in [7, 11) is 0. The maximum Gasteiger partial charge on any atom is 0.280 e. The summed E-state index contributed by atoms with van der Waals surface area (Å²) in [6, 6.07) is 5.22. The summed E-state index contributed by atoms with van der Waals surface area (Å²) in [5.74, 6) is 0. The number of alkyl halides is 2. The van der Waals surface area contributed by atoms with Crippen molar-refractivity contribution in [2.75, 3.05) is 0 Å². The van der Waals surface area contributed by atoms with E-state index in [1.807, 2.05) is 19.1 Å². The molecule has 0 aliphatic rings. The van der Waals surface area contributed by atoms with Crippen LogP contribution in [-0.2, 0) is 0 Å². The number of H-pyrrole nitrogens is 1. The van der Waals surface area contributed by atoms with E-state index in [4.69, 9.17) is 0 Å². The molecular formula is C15H9F2N3OS2. The smallest absolute Gasteiger partial charge is 0.280 e. The van der Waals surface area contributed by atoms with Gasteiger partial charge in [0.25, 0.3) is 12.0 Å². The van der Waals surface area contributed by atoms with E-state index < -0.39 is 6.43 Å². The predicted octanol–water partition coefficient (Wildman–Crippen LogP) is 4.51. The number of aryl methyl sites for hydroxylation is 1. The number of pyridine rings is 1. The SMILES string of the molecule is Cc1ccc(-c2cc(C(F)F)nc3sc4c(=O)[nH]cnc4c23)s1. The second kappa shape index (κ2) is 5.17. The molecule has 0 saturated carbocycles. The van der Waals surface area contributed by atoms with Gasteiger partial charge in [0.1, 0.15) is 15.2 Å². The highest BCUT2D eigenvalue weighted by atomic mass is 32.1. The zero-order valence-corrected chi connectivity index (χ0v) is 13.4. The van der Waals surface area contributed by atoms with Crippen molar-refractivity contribution in [1.29, 1.82) is 0 Å². The monoisotopic (exact) mass is 349 g/mol. The molecule has 4 rings (SSSR count). The van der Waals surface area contributed by atoms with Gasteiger partial charge >= 0.3 is 0 Å². The third kappa shape index (κ3) is 2.25. The van der Waals surface area contributed by atoms with Crippen molar-refractivity contribution in [3.8, 4) is 10.4 Å². The van der Waals surface area contributed by atoms with Crippen LogP contribution in [0.2, 0.25) is 0 Å². The third-order valence-corrected chi connectivity index (χ3v) is 5.59. The Morgan fingerprint density at radius 3 is 2.78 bits per heavy atom. The van der Waals surface area contributed by atoms with Crippen molar-refractivity contribution in [3.63, 3.8) is 0 Å². The van der Waals surface area contributed by atoms with Gasteiger partial charge in [-0.1, -0.05) is 0 Å². The molecule has 4 aromatic heterocycles. The van der Waals surface area contributed by atoms with Gasteiger partial charge in [0.15, 0.2) is 0 Å². The van der Waals surface area contributed by atoms with Crippen LogP contribution in [0, 0.1) is 6.92 Å². The topological polar surface area (TPSA) is 58.6 Å². The van der Waals surface area contributed by atoms with Gasteiger partial charge in [-0.15, -0.1) is 22.7 Å². The molecule has 0 saturated heterocycles. The maximum absolute atomic E-state index is 13.2. The highest BCUT2D eigenvalue weighted by Gasteiger charge is 2.20. The summed E-state index contributed by atoms with van der Waals surface area (Å²) in [5.41, 5.74) is 0.572. The van der Waals surface area contributed by atoms with Gasteiger partial charge in [-0.3, -0.25) is 4.79 Å².